The lowest BCUT2D eigenvalue weighted by Gasteiger charge is -2.06. The van der Waals surface area contributed by atoms with Gasteiger partial charge in [0.25, 0.3) is 0 Å². The summed E-state index contributed by atoms with van der Waals surface area (Å²) in [6.07, 6.45) is 1.06. The number of nitrogens with one attached hydrogen (secondary N) is 2. The van der Waals surface area contributed by atoms with E-state index in [4.69, 9.17) is 4.42 Å². The first-order chi connectivity index (χ1) is 10.1. The Kier molecular flexibility index (Phi) is 5.27. The van der Waals surface area contributed by atoms with Crippen LogP contribution >= 0.6 is 0 Å². The summed E-state index contributed by atoms with van der Waals surface area (Å²) in [4.78, 5) is 0. The second-order valence-corrected chi connectivity index (χ2v) is 5.07. The van der Waals surface area contributed by atoms with Crippen LogP contribution in [0.3, 0.4) is 0 Å². The van der Waals surface area contributed by atoms with E-state index in [9.17, 15) is 4.39 Å². The number of anilines is 1. The Morgan fingerprint density at radius 2 is 1.86 bits per heavy atom. The fourth-order valence-electron chi connectivity index (χ4n) is 2.08. The Bertz CT molecular complexity index is 574. The molecule has 21 heavy (non-hydrogen) atoms. The van der Waals surface area contributed by atoms with Crippen molar-refractivity contribution in [2.45, 2.75) is 40.3 Å². The molecular weight excluding hydrogens is 271 g/mol. The lowest BCUT2D eigenvalue weighted by atomic mass is 10.1. The van der Waals surface area contributed by atoms with E-state index in [1.165, 1.54) is 0 Å². The lowest BCUT2D eigenvalue weighted by molar-refractivity contribution is 0.477. The lowest BCUT2D eigenvalue weighted by Crippen LogP contribution is -2.13. The molecule has 0 bridgehead atoms. The molecule has 0 unspecified atom stereocenters. The molecule has 2 N–H and O–H groups in total. The highest BCUT2D eigenvalue weighted by Crippen LogP contribution is 2.16. The van der Waals surface area contributed by atoms with Gasteiger partial charge in [-0.2, -0.15) is 0 Å². The number of nitrogens with zero attached hydrogens (tertiary/aromatic N) is 2. The molecule has 0 amide bonds. The van der Waals surface area contributed by atoms with Crippen molar-refractivity contribution in [2.75, 3.05) is 11.9 Å². The molecule has 0 aliphatic rings. The normalized spacial score (nSPS) is 10.9. The van der Waals surface area contributed by atoms with Crippen LogP contribution in [0.4, 0.5) is 10.4 Å². The van der Waals surface area contributed by atoms with E-state index in [1.807, 2.05) is 12.1 Å². The first-order valence-electron chi connectivity index (χ1n) is 7.12. The van der Waals surface area contributed by atoms with Gasteiger partial charge >= 0.3 is 6.01 Å². The Morgan fingerprint density at radius 3 is 2.52 bits per heavy atom. The maximum Gasteiger partial charge on any atom is 0.315 e. The van der Waals surface area contributed by atoms with Crippen LogP contribution in [0.1, 0.15) is 35.9 Å². The molecule has 0 atom stereocenters. The average molecular weight is 292 g/mol. The highest BCUT2D eigenvalue weighted by Gasteiger charge is 2.07. The molecule has 0 radical (unpaired) electrons. The molecule has 5 nitrogen and oxygen atoms in total. The predicted molar refractivity (Wildman–Crippen MR) is 79.5 cm³/mol. The maximum absolute atomic E-state index is 13.6. The molecule has 0 saturated heterocycles. The smallest absolute Gasteiger partial charge is 0.315 e. The zero-order chi connectivity index (χ0) is 15.2. The van der Waals surface area contributed by atoms with E-state index in [0.717, 1.165) is 18.5 Å². The van der Waals surface area contributed by atoms with Crippen molar-refractivity contribution in [2.24, 2.45) is 0 Å². The van der Waals surface area contributed by atoms with Crippen molar-refractivity contribution in [1.82, 2.24) is 15.5 Å². The maximum atomic E-state index is 13.6. The fourth-order valence-corrected chi connectivity index (χ4v) is 2.08. The quantitative estimate of drug-likeness (QED) is 0.768. The molecule has 0 aliphatic carbocycles. The minimum absolute atomic E-state index is 0.152. The first kappa shape index (κ1) is 15.4. The Labute approximate surface area is 124 Å². The van der Waals surface area contributed by atoms with Crippen molar-refractivity contribution in [3.05, 3.63) is 40.5 Å². The summed E-state index contributed by atoms with van der Waals surface area (Å²) in [6.45, 7) is 7.62. The van der Waals surface area contributed by atoms with Crippen molar-refractivity contribution in [1.29, 1.82) is 0 Å². The number of halogens is 1. The van der Waals surface area contributed by atoms with Crippen LogP contribution in [0.25, 0.3) is 0 Å². The number of aryl methyl sites for hydroxylation is 2. The summed E-state index contributed by atoms with van der Waals surface area (Å²) in [5.74, 6) is 0.401. The molecule has 0 fully saturated rings. The summed E-state index contributed by atoms with van der Waals surface area (Å²) < 4.78 is 19.0. The van der Waals surface area contributed by atoms with Gasteiger partial charge in [0.2, 0.25) is 5.89 Å². The standard InChI is InChI=1S/C15H21FN4O/c1-4-5-17-9-13-19-20-15(21-13)18-8-12-6-10(2)14(16)11(3)7-12/h6-7,17H,4-5,8-9H2,1-3H3,(H,18,20). The van der Waals surface area contributed by atoms with Crippen LogP contribution in [0, 0.1) is 19.7 Å². The minimum Gasteiger partial charge on any atom is -0.407 e. The van der Waals surface area contributed by atoms with Gasteiger partial charge in [0.05, 0.1) is 6.54 Å². The Morgan fingerprint density at radius 1 is 1.14 bits per heavy atom. The molecule has 6 heteroatoms. The van der Waals surface area contributed by atoms with Crippen LogP contribution in [-0.4, -0.2) is 16.7 Å². The van der Waals surface area contributed by atoms with Gasteiger partial charge in [-0.25, -0.2) is 4.39 Å². The molecule has 1 aromatic carbocycles. The van der Waals surface area contributed by atoms with Crippen LogP contribution in [0.15, 0.2) is 16.5 Å². The molecule has 1 aromatic heterocycles. The number of benzene rings is 1. The third kappa shape index (κ3) is 4.26. The van der Waals surface area contributed by atoms with E-state index < -0.39 is 0 Å². The second-order valence-electron chi connectivity index (χ2n) is 5.07. The SMILES string of the molecule is CCCNCc1nnc(NCc2cc(C)c(F)c(C)c2)o1. The number of aromatic nitrogens is 2. The molecule has 2 aromatic rings. The number of rotatable bonds is 7. The van der Waals surface area contributed by atoms with E-state index in [1.54, 1.807) is 13.8 Å². The van der Waals surface area contributed by atoms with E-state index in [-0.39, 0.29) is 5.82 Å². The molecule has 1 heterocycles. The molecule has 0 aliphatic heterocycles. The van der Waals surface area contributed by atoms with Crippen molar-refractivity contribution >= 4 is 6.01 Å². The zero-order valence-electron chi connectivity index (χ0n) is 12.7. The van der Waals surface area contributed by atoms with Gasteiger partial charge in [-0.05, 0) is 43.5 Å². The third-order valence-electron chi connectivity index (χ3n) is 3.11. The highest BCUT2D eigenvalue weighted by molar-refractivity contribution is 5.32. The van der Waals surface area contributed by atoms with Crippen LogP contribution in [0.2, 0.25) is 0 Å². The van der Waals surface area contributed by atoms with Gasteiger partial charge < -0.3 is 15.1 Å². The fraction of sp³-hybridized carbons (Fsp3) is 0.467. The molecule has 2 rings (SSSR count). The topological polar surface area (TPSA) is 63.0 Å². The number of hydrogen-bond donors (Lipinski definition) is 2. The Balaban J connectivity index is 1.91. The predicted octanol–water partition coefficient (Wildman–Crippen LogP) is 2.94. The number of hydrogen-bond acceptors (Lipinski definition) is 5. The summed E-state index contributed by atoms with van der Waals surface area (Å²) in [6, 6.07) is 4.01. The van der Waals surface area contributed by atoms with Gasteiger partial charge in [0.1, 0.15) is 5.82 Å². The van der Waals surface area contributed by atoms with E-state index in [0.29, 0.717) is 36.1 Å². The third-order valence-corrected chi connectivity index (χ3v) is 3.11. The van der Waals surface area contributed by atoms with Crippen molar-refractivity contribution < 1.29 is 8.81 Å². The van der Waals surface area contributed by atoms with Gasteiger partial charge in [-0.3, -0.25) is 0 Å². The zero-order valence-corrected chi connectivity index (χ0v) is 12.7. The van der Waals surface area contributed by atoms with Crippen LogP contribution in [-0.2, 0) is 13.1 Å². The summed E-state index contributed by atoms with van der Waals surface area (Å²) in [7, 11) is 0. The van der Waals surface area contributed by atoms with E-state index >= 15 is 0 Å². The second kappa shape index (κ2) is 7.17. The Hall–Kier alpha value is -1.95. The first-order valence-corrected chi connectivity index (χ1v) is 7.12. The highest BCUT2D eigenvalue weighted by atomic mass is 19.1. The van der Waals surface area contributed by atoms with E-state index in [2.05, 4.69) is 27.8 Å². The summed E-state index contributed by atoms with van der Waals surface area (Å²) in [5, 5.41) is 14.1. The minimum atomic E-state index is -0.152. The molecule has 0 spiro atoms. The summed E-state index contributed by atoms with van der Waals surface area (Å²) >= 11 is 0. The van der Waals surface area contributed by atoms with Gasteiger partial charge in [0, 0.05) is 6.54 Å². The average Bonchev–Trinajstić information content (AvgIpc) is 2.90. The van der Waals surface area contributed by atoms with Crippen molar-refractivity contribution in [3.63, 3.8) is 0 Å². The monoisotopic (exact) mass is 292 g/mol. The largest absolute Gasteiger partial charge is 0.407 e. The molecule has 114 valence electrons. The van der Waals surface area contributed by atoms with Crippen LogP contribution in [0.5, 0.6) is 0 Å². The van der Waals surface area contributed by atoms with Crippen molar-refractivity contribution in [3.8, 4) is 0 Å². The van der Waals surface area contributed by atoms with Gasteiger partial charge in [-0.15, -0.1) is 5.10 Å². The van der Waals surface area contributed by atoms with Gasteiger partial charge in [0.15, 0.2) is 0 Å². The van der Waals surface area contributed by atoms with Gasteiger partial charge in [-0.1, -0.05) is 24.2 Å². The molecular formula is C15H21FN4O. The van der Waals surface area contributed by atoms with Crippen LogP contribution < -0.4 is 10.6 Å². The molecule has 0 saturated carbocycles. The summed E-state index contributed by atoms with van der Waals surface area (Å²) in [5.41, 5.74) is 2.26.